The maximum atomic E-state index is 6.04. The van der Waals surface area contributed by atoms with Crippen LogP contribution >= 0.6 is 0 Å². The van der Waals surface area contributed by atoms with Crippen molar-refractivity contribution < 1.29 is 0 Å². The van der Waals surface area contributed by atoms with Crippen LogP contribution in [0.5, 0.6) is 0 Å². The van der Waals surface area contributed by atoms with E-state index in [1.165, 1.54) is 42.6 Å². The van der Waals surface area contributed by atoms with Crippen LogP contribution in [0.1, 0.15) is 51.2 Å². The quantitative estimate of drug-likeness (QED) is 0.817. The summed E-state index contributed by atoms with van der Waals surface area (Å²) in [6.45, 7) is 10.1. The summed E-state index contributed by atoms with van der Waals surface area (Å²) in [4.78, 5) is 2.64. The first-order chi connectivity index (χ1) is 9.47. The molecule has 2 nitrogen and oxygen atoms in total. The Labute approximate surface area is 124 Å². The number of hydrogen-bond donors (Lipinski definition) is 1. The van der Waals surface area contributed by atoms with Gasteiger partial charge in [-0.3, -0.25) is 0 Å². The van der Waals surface area contributed by atoms with Gasteiger partial charge in [0.05, 0.1) is 0 Å². The molecular weight excluding hydrogens is 244 g/mol. The molecule has 1 atom stereocenters. The summed E-state index contributed by atoms with van der Waals surface area (Å²) in [5.74, 6) is 0.763. The third-order valence-electron chi connectivity index (χ3n) is 4.02. The van der Waals surface area contributed by atoms with Crippen molar-refractivity contribution in [3.8, 4) is 0 Å². The molecule has 1 aliphatic rings. The van der Waals surface area contributed by atoms with Gasteiger partial charge in [-0.05, 0) is 57.1 Å². The van der Waals surface area contributed by atoms with E-state index < -0.39 is 0 Å². The fraction of sp³-hybridized carbons (Fsp3) is 0.667. The second-order valence-electron chi connectivity index (χ2n) is 6.92. The second-order valence-corrected chi connectivity index (χ2v) is 6.92. The summed E-state index contributed by atoms with van der Waals surface area (Å²) in [6, 6.07) is 7.87. The van der Waals surface area contributed by atoms with Gasteiger partial charge in [-0.1, -0.05) is 31.5 Å². The van der Waals surface area contributed by atoms with E-state index in [2.05, 4.69) is 50.8 Å². The molecule has 2 rings (SSSR count). The molecular formula is C18H30N2. The SMILES string of the molecule is Cc1ccc(N(CCC(C)C)C2CC2)c(CC(C)N)c1. The summed E-state index contributed by atoms with van der Waals surface area (Å²) in [5, 5.41) is 0. The molecule has 0 spiro atoms. The van der Waals surface area contributed by atoms with Crippen molar-refractivity contribution in [1.29, 1.82) is 0 Å². The second kappa shape index (κ2) is 6.62. The molecule has 0 saturated heterocycles. The lowest BCUT2D eigenvalue weighted by molar-refractivity contribution is 0.569. The van der Waals surface area contributed by atoms with Gasteiger partial charge in [0.25, 0.3) is 0 Å². The normalized spacial score (nSPS) is 16.5. The van der Waals surface area contributed by atoms with Crippen molar-refractivity contribution in [2.24, 2.45) is 11.7 Å². The van der Waals surface area contributed by atoms with E-state index in [9.17, 15) is 0 Å². The van der Waals surface area contributed by atoms with E-state index in [4.69, 9.17) is 5.73 Å². The number of nitrogens with two attached hydrogens (primary N) is 1. The lowest BCUT2D eigenvalue weighted by Crippen LogP contribution is -2.30. The molecule has 1 aromatic rings. The van der Waals surface area contributed by atoms with Crippen LogP contribution in [0.4, 0.5) is 5.69 Å². The Hall–Kier alpha value is -1.02. The molecule has 1 fully saturated rings. The lowest BCUT2D eigenvalue weighted by Gasteiger charge is -2.29. The highest BCUT2D eigenvalue weighted by atomic mass is 15.2. The van der Waals surface area contributed by atoms with Gasteiger partial charge < -0.3 is 10.6 Å². The minimum Gasteiger partial charge on any atom is -0.368 e. The van der Waals surface area contributed by atoms with E-state index in [1.807, 2.05) is 0 Å². The number of benzene rings is 1. The minimum atomic E-state index is 0.224. The molecule has 1 unspecified atom stereocenters. The molecule has 0 bridgehead atoms. The van der Waals surface area contributed by atoms with Gasteiger partial charge in [0.1, 0.15) is 0 Å². The molecule has 0 aromatic heterocycles. The fourth-order valence-electron chi connectivity index (χ4n) is 2.79. The molecule has 1 aliphatic carbocycles. The first-order valence-corrected chi connectivity index (χ1v) is 8.09. The van der Waals surface area contributed by atoms with Crippen molar-refractivity contribution in [2.75, 3.05) is 11.4 Å². The van der Waals surface area contributed by atoms with Gasteiger partial charge >= 0.3 is 0 Å². The molecule has 112 valence electrons. The highest BCUT2D eigenvalue weighted by molar-refractivity contribution is 5.57. The number of hydrogen-bond acceptors (Lipinski definition) is 2. The third-order valence-corrected chi connectivity index (χ3v) is 4.02. The van der Waals surface area contributed by atoms with Gasteiger partial charge in [-0.25, -0.2) is 0 Å². The first kappa shape index (κ1) is 15.4. The summed E-state index contributed by atoms with van der Waals surface area (Å²) in [5.41, 5.74) is 10.2. The smallest absolute Gasteiger partial charge is 0.0402 e. The van der Waals surface area contributed by atoms with Crippen LogP contribution in [0.3, 0.4) is 0 Å². The summed E-state index contributed by atoms with van der Waals surface area (Å²) < 4.78 is 0. The molecule has 0 amide bonds. The van der Waals surface area contributed by atoms with E-state index in [0.29, 0.717) is 0 Å². The highest BCUT2D eigenvalue weighted by Gasteiger charge is 2.30. The van der Waals surface area contributed by atoms with Crippen LogP contribution in [-0.4, -0.2) is 18.6 Å². The predicted octanol–water partition coefficient (Wildman–Crippen LogP) is 3.90. The van der Waals surface area contributed by atoms with Crippen LogP contribution in [0, 0.1) is 12.8 Å². The summed E-state index contributed by atoms with van der Waals surface area (Å²) >= 11 is 0. The standard InChI is InChI=1S/C18H30N2/c1-13(2)9-10-20(17-6-7-17)18-8-5-14(3)11-16(18)12-15(4)19/h5,8,11,13,15,17H,6-7,9-10,12,19H2,1-4H3. The molecule has 0 heterocycles. The van der Waals surface area contributed by atoms with Gasteiger partial charge in [0.2, 0.25) is 0 Å². The predicted molar refractivity (Wildman–Crippen MR) is 88.4 cm³/mol. The average molecular weight is 274 g/mol. The monoisotopic (exact) mass is 274 g/mol. The Morgan fingerprint density at radius 1 is 1.25 bits per heavy atom. The lowest BCUT2D eigenvalue weighted by atomic mass is 10.0. The number of aryl methyl sites for hydroxylation is 1. The topological polar surface area (TPSA) is 29.3 Å². The summed E-state index contributed by atoms with van der Waals surface area (Å²) in [6.07, 6.45) is 4.94. The zero-order chi connectivity index (χ0) is 14.7. The first-order valence-electron chi connectivity index (χ1n) is 8.09. The van der Waals surface area contributed by atoms with Crippen LogP contribution in [-0.2, 0) is 6.42 Å². The highest BCUT2D eigenvalue weighted by Crippen LogP contribution is 2.35. The van der Waals surface area contributed by atoms with Crippen molar-refractivity contribution in [1.82, 2.24) is 0 Å². The van der Waals surface area contributed by atoms with Gasteiger partial charge in [0, 0.05) is 24.3 Å². The fourth-order valence-corrected chi connectivity index (χ4v) is 2.79. The zero-order valence-corrected chi connectivity index (χ0v) is 13.5. The molecule has 1 aromatic carbocycles. The van der Waals surface area contributed by atoms with Gasteiger partial charge in [0.15, 0.2) is 0 Å². The van der Waals surface area contributed by atoms with E-state index in [-0.39, 0.29) is 6.04 Å². The Balaban J connectivity index is 2.22. The Bertz CT molecular complexity index is 433. The van der Waals surface area contributed by atoms with Crippen molar-refractivity contribution >= 4 is 5.69 Å². The number of rotatable bonds is 7. The third kappa shape index (κ3) is 4.24. The maximum absolute atomic E-state index is 6.04. The molecule has 2 heteroatoms. The molecule has 20 heavy (non-hydrogen) atoms. The molecule has 1 saturated carbocycles. The molecule has 0 aliphatic heterocycles. The number of nitrogens with zero attached hydrogens (tertiary/aromatic N) is 1. The Morgan fingerprint density at radius 3 is 2.50 bits per heavy atom. The van der Waals surface area contributed by atoms with Gasteiger partial charge in [-0.15, -0.1) is 0 Å². The number of anilines is 1. The van der Waals surface area contributed by atoms with Crippen molar-refractivity contribution in [3.63, 3.8) is 0 Å². The molecule has 0 radical (unpaired) electrons. The Morgan fingerprint density at radius 2 is 1.95 bits per heavy atom. The van der Waals surface area contributed by atoms with Gasteiger partial charge in [-0.2, -0.15) is 0 Å². The minimum absolute atomic E-state index is 0.224. The van der Waals surface area contributed by atoms with Crippen molar-refractivity contribution in [2.45, 2.75) is 65.5 Å². The molecule has 2 N–H and O–H groups in total. The van der Waals surface area contributed by atoms with Crippen LogP contribution in [0.25, 0.3) is 0 Å². The summed E-state index contributed by atoms with van der Waals surface area (Å²) in [7, 11) is 0. The van der Waals surface area contributed by atoms with Crippen LogP contribution in [0.2, 0.25) is 0 Å². The van der Waals surface area contributed by atoms with E-state index in [1.54, 1.807) is 0 Å². The van der Waals surface area contributed by atoms with E-state index in [0.717, 1.165) is 18.4 Å². The largest absolute Gasteiger partial charge is 0.368 e. The van der Waals surface area contributed by atoms with Crippen LogP contribution < -0.4 is 10.6 Å². The van der Waals surface area contributed by atoms with Crippen LogP contribution in [0.15, 0.2) is 18.2 Å². The van der Waals surface area contributed by atoms with E-state index >= 15 is 0 Å². The average Bonchev–Trinajstić information content (AvgIpc) is 3.15. The van der Waals surface area contributed by atoms with Crippen molar-refractivity contribution in [3.05, 3.63) is 29.3 Å². The zero-order valence-electron chi connectivity index (χ0n) is 13.5. The maximum Gasteiger partial charge on any atom is 0.0402 e. The Kier molecular flexibility index (Phi) is 5.09.